The summed E-state index contributed by atoms with van der Waals surface area (Å²) in [6.07, 6.45) is 7.50. The normalized spacial score (nSPS) is 26.2. The van der Waals surface area contributed by atoms with Gasteiger partial charge in [-0.1, -0.05) is 20.3 Å². The maximum absolute atomic E-state index is 11.8. The summed E-state index contributed by atoms with van der Waals surface area (Å²) >= 11 is 0. The molecule has 2 aliphatic rings. The van der Waals surface area contributed by atoms with Crippen LogP contribution in [-0.4, -0.2) is 68.2 Å². The molecule has 2 unspecified atom stereocenters. The van der Waals surface area contributed by atoms with Gasteiger partial charge in [-0.3, -0.25) is 0 Å². The molecule has 5 heteroatoms. The molecule has 0 aliphatic carbocycles. The van der Waals surface area contributed by atoms with Crippen molar-refractivity contribution in [2.45, 2.75) is 52.4 Å². The van der Waals surface area contributed by atoms with Gasteiger partial charge in [0.15, 0.2) is 0 Å². The second-order valence-corrected chi connectivity index (χ2v) is 8.00. The zero-order chi connectivity index (χ0) is 17.2. The van der Waals surface area contributed by atoms with Crippen molar-refractivity contribution >= 4 is 6.03 Å². The van der Waals surface area contributed by atoms with Gasteiger partial charge in [0.2, 0.25) is 0 Å². The number of carbonyl (C=O) groups is 1. The van der Waals surface area contributed by atoms with Gasteiger partial charge in [-0.2, -0.15) is 0 Å². The van der Waals surface area contributed by atoms with E-state index in [1.165, 1.54) is 51.9 Å². The molecular weight excluding hydrogens is 300 g/mol. The first kappa shape index (κ1) is 19.5. The van der Waals surface area contributed by atoms with Crippen LogP contribution in [0.15, 0.2) is 0 Å². The maximum Gasteiger partial charge on any atom is 0.314 e. The van der Waals surface area contributed by atoms with Crippen molar-refractivity contribution in [3.05, 3.63) is 0 Å². The molecule has 0 aromatic heterocycles. The summed E-state index contributed by atoms with van der Waals surface area (Å²) < 4.78 is 0. The van der Waals surface area contributed by atoms with Crippen molar-refractivity contribution in [1.29, 1.82) is 0 Å². The number of nitrogens with zero attached hydrogens (tertiary/aromatic N) is 2. The molecule has 0 bridgehead atoms. The molecule has 0 saturated carbocycles. The molecule has 2 heterocycles. The van der Waals surface area contributed by atoms with Crippen LogP contribution in [-0.2, 0) is 0 Å². The molecular formula is C19H38N4O. The summed E-state index contributed by atoms with van der Waals surface area (Å²) in [7, 11) is 0. The average Bonchev–Trinajstić information content (AvgIpc) is 2.56. The fourth-order valence-electron chi connectivity index (χ4n) is 4.23. The van der Waals surface area contributed by atoms with Gasteiger partial charge in [0.25, 0.3) is 0 Å². The van der Waals surface area contributed by atoms with Crippen molar-refractivity contribution in [3.63, 3.8) is 0 Å². The summed E-state index contributed by atoms with van der Waals surface area (Å²) in [6.45, 7) is 13.4. The third kappa shape index (κ3) is 7.84. The molecule has 2 fully saturated rings. The fourth-order valence-corrected chi connectivity index (χ4v) is 4.23. The predicted molar refractivity (Wildman–Crippen MR) is 100 cm³/mol. The van der Waals surface area contributed by atoms with E-state index < -0.39 is 0 Å². The van der Waals surface area contributed by atoms with Crippen LogP contribution in [0.25, 0.3) is 0 Å². The van der Waals surface area contributed by atoms with E-state index in [2.05, 4.69) is 34.3 Å². The molecule has 140 valence electrons. The minimum atomic E-state index is -0.00553. The number of hydrogen-bond acceptors (Lipinski definition) is 3. The molecule has 0 aromatic rings. The lowest BCUT2D eigenvalue weighted by Crippen LogP contribution is -2.41. The van der Waals surface area contributed by atoms with Gasteiger partial charge in [-0.15, -0.1) is 0 Å². The lowest BCUT2D eigenvalue weighted by molar-refractivity contribution is 0.139. The lowest BCUT2D eigenvalue weighted by atomic mass is 9.92. The quantitative estimate of drug-likeness (QED) is 0.669. The summed E-state index contributed by atoms with van der Waals surface area (Å²) in [5, 5.41) is 5.98. The van der Waals surface area contributed by atoms with Gasteiger partial charge in [-0.05, 0) is 70.1 Å². The molecule has 0 spiro atoms. The van der Waals surface area contributed by atoms with E-state index in [4.69, 9.17) is 0 Å². The Morgan fingerprint density at radius 1 is 0.875 bits per heavy atom. The van der Waals surface area contributed by atoms with Gasteiger partial charge in [0, 0.05) is 26.2 Å². The number of carbonyl (C=O) groups excluding carboxylic acids is 1. The van der Waals surface area contributed by atoms with E-state index in [0.29, 0.717) is 0 Å². The SMILES string of the molecule is CC1CC(C)CN(CCCNC(=O)NCCCN2CCCCC2)C1. The molecule has 2 rings (SSSR count). The smallest absolute Gasteiger partial charge is 0.314 e. The van der Waals surface area contributed by atoms with Gasteiger partial charge in [0.1, 0.15) is 0 Å². The second kappa shape index (κ2) is 10.9. The number of amides is 2. The predicted octanol–water partition coefficient (Wildman–Crippen LogP) is 2.53. The van der Waals surface area contributed by atoms with Crippen LogP contribution < -0.4 is 10.6 Å². The fraction of sp³-hybridized carbons (Fsp3) is 0.947. The summed E-state index contributed by atoms with van der Waals surface area (Å²) in [5.74, 6) is 1.62. The van der Waals surface area contributed by atoms with Crippen LogP contribution in [0, 0.1) is 11.8 Å². The Kier molecular flexibility index (Phi) is 8.89. The molecule has 0 aromatic carbocycles. The number of rotatable bonds is 8. The average molecular weight is 339 g/mol. The van der Waals surface area contributed by atoms with E-state index >= 15 is 0 Å². The zero-order valence-electron chi connectivity index (χ0n) is 15.9. The molecule has 2 N–H and O–H groups in total. The molecule has 0 radical (unpaired) electrons. The van der Waals surface area contributed by atoms with Crippen molar-refractivity contribution in [3.8, 4) is 0 Å². The maximum atomic E-state index is 11.8. The zero-order valence-corrected chi connectivity index (χ0v) is 15.9. The standard InChI is InChI=1S/C19H38N4O/c1-17-14-18(2)16-23(15-17)13-7-9-21-19(24)20-8-6-12-22-10-4-3-5-11-22/h17-18H,3-16H2,1-2H3,(H2,20,21,24). The topological polar surface area (TPSA) is 47.6 Å². The van der Waals surface area contributed by atoms with Crippen molar-refractivity contribution in [1.82, 2.24) is 20.4 Å². The summed E-state index contributed by atoms with van der Waals surface area (Å²) in [6, 6.07) is -0.00553. The Balaban J connectivity index is 1.43. The Hall–Kier alpha value is -0.810. The van der Waals surface area contributed by atoms with Gasteiger partial charge in [0.05, 0.1) is 0 Å². The van der Waals surface area contributed by atoms with Gasteiger partial charge >= 0.3 is 6.03 Å². The second-order valence-electron chi connectivity index (χ2n) is 8.00. The minimum absolute atomic E-state index is 0.00553. The Bertz CT molecular complexity index is 347. The number of hydrogen-bond donors (Lipinski definition) is 2. The Morgan fingerprint density at radius 3 is 2.00 bits per heavy atom. The third-order valence-corrected chi connectivity index (χ3v) is 5.27. The van der Waals surface area contributed by atoms with Crippen molar-refractivity contribution in [2.75, 3.05) is 52.4 Å². The van der Waals surface area contributed by atoms with E-state index in [0.717, 1.165) is 50.9 Å². The molecule has 24 heavy (non-hydrogen) atoms. The van der Waals surface area contributed by atoms with Crippen molar-refractivity contribution < 1.29 is 4.79 Å². The lowest BCUT2D eigenvalue weighted by Gasteiger charge is -2.34. The minimum Gasteiger partial charge on any atom is -0.338 e. The highest BCUT2D eigenvalue weighted by atomic mass is 16.2. The van der Waals surface area contributed by atoms with Crippen LogP contribution in [0.2, 0.25) is 0 Å². The van der Waals surface area contributed by atoms with Crippen molar-refractivity contribution in [2.24, 2.45) is 11.8 Å². The van der Waals surface area contributed by atoms with Gasteiger partial charge in [-0.25, -0.2) is 4.79 Å². The van der Waals surface area contributed by atoms with Gasteiger partial charge < -0.3 is 20.4 Å². The number of likely N-dealkylation sites (tertiary alicyclic amines) is 2. The van der Waals surface area contributed by atoms with Crippen LogP contribution in [0.3, 0.4) is 0 Å². The molecule has 2 aliphatic heterocycles. The van der Waals surface area contributed by atoms with E-state index in [9.17, 15) is 4.79 Å². The first-order valence-electron chi connectivity index (χ1n) is 10.1. The highest BCUT2D eigenvalue weighted by Crippen LogP contribution is 2.20. The third-order valence-electron chi connectivity index (χ3n) is 5.27. The van der Waals surface area contributed by atoms with E-state index in [-0.39, 0.29) is 6.03 Å². The van der Waals surface area contributed by atoms with Crippen LogP contribution >= 0.6 is 0 Å². The first-order valence-corrected chi connectivity index (χ1v) is 10.1. The van der Waals surface area contributed by atoms with Crippen LogP contribution in [0.1, 0.15) is 52.4 Å². The molecule has 2 amide bonds. The number of nitrogens with one attached hydrogen (secondary N) is 2. The first-order chi connectivity index (χ1) is 11.6. The monoisotopic (exact) mass is 338 g/mol. The largest absolute Gasteiger partial charge is 0.338 e. The molecule has 2 atom stereocenters. The van der Waals surface area contributed by atoms with Crippen LogP contribution in [0.4, 0.5) is 4.79 Å². The van der Waals surface area contributed by atoms with Crippen LogP contribution in [0.5, 0.6) is 0 Å². The van der Waals surface area contributed by atoms with E-state index in [1.54, 1.807) is 0 Å². The Labute approximate surface area is 148 Å². The summed E-state index contributed by atoms with van der Waals surface area (Å²) in [4.78, 5) is 16.9. The highest BCUT2D eigenvalue weighted by molar-refractivity contribution is 5.73. The number of urea groups is 1. The Morgan fingerprint density at radius 2 is 1.42 bits per heavy atom. The highest BCUT2D eigenvalue weighted by Gasteiger charge is 2.21. The molecule has 2 saturated heterocycles. The number of piperidine rings is 2. The molecule has 5 nitrogen and oxygen atoms in total. The van der Waals surface area contributed by atoms with E-state index in [1.807, 2.05) is 0 Å². The summed E-state index contributed by atoms with van der Waals surface area (Å²) in [5.41, 5.74) is 0.